The van der Waals surface area contributed by atoms with Crippen LogP contribution in [0.5, 0.6) is 0 Å². The van der Waals surface area contributed by atoms with Crippen LogP contribution < -0.4 is 5.73 Å². The van der Waals surface area contributed by atoms with E-state index in [4.69, 9.17) is 10.8 Å². The lowest BCUT2D eigenvalue weighted by atomic mass is 10.0. The van der Waals surface area contributed by atoms with Crippen molar-refractivity contribution in [3.63, 3.8) is 0 Å². The number of carboxylic acids is 1. The van der Waals surface area contributed by atoms with Crippen LogP contribution in [0.2, 0.25) is 0 Å². The molecule has 0 aliphatic carbocycles. The number of carbonyl (C=O) groups is 1. The molecule has 0 bridgehead atoms. The van der Waals surface area contributed by atoms with Gasteiger partial charge in [0.1, 0.15) is 16.1 Å². The van der Waals surface area contributed by atoms with Crippen LogP contribution in [0, 0.1) is 0 Å². The molecule has 9 heteroatoms. The summed E-state index contributed by atoms with van der Waals surface area (Å²) in [5.41, 5.74) is 4.66. The van der Waals surface area contributed by atoms with Crippen LogP contribution in [0.4, 0.5) is 0 Å². The van der Waals surface area contributed by atoms with Crippen LogP contribution in [0.25, 0.3) is 11.0 Å². The molecule has 1 fully saturated rings. The number of sulfonamides is 1. The van der Waals surface area contributed by atoms with Gasteiger partial charge in [0.2, 0.25) is 10.0 Å². The minimum absolute atomic E-state index is 0.0814. The molecule has 1 aliphatic rings. The third kappa shape index (κ3) is 2.09. The number of hydrogen-bond acceptors (Lipinski definition) is 5. The average Bonchev–Trinajstić information content (AvgIpc) is 3.03. The standard InChI is InChI=1S/C12H14N4O4S/c13-12(11(17)18)3-5-16(7-12)21(19,20)9-6-15-10-8(9)2-1-4-14-10/h1-2,4,6H,3,5,7,13H2,(H,14,15)(H,17,18). The molecule has 3 heterocycles. The molecule has 0 amide bonds. The highest BCUT2D eigenvalue weighted by Crippen LogP contribution is 2.29. The van der Waals surface area contributed by atoms with E-state index in [-0.39, 0.29) is 24.4 Å². The maximum Gasteiger partial charge on any atom is 0.325 e. The van der Waals surface area contributed by atoms with Gasteiger partial charge in [-0.15, -0.1) is 0 Å². The van der Waals surface area contributed by atoms with Gasteiger partial charge < -0.3 is 15.8 Å². The number of rotatable bonds is 3. The van der Waals surface area contributed by atoms with Gasteiger partial charge in [-0.2, -0.15) is 4.31 Å². The Bertz CT molecular complexity index is 816. The van der Waals surface area contributed by atoms with E-state index in [1.54, 1.807) is 18.3 Å². The molecule has 2 aromatic rings. The molecule has 0 saturated carbocycles. The fourth-order valence-corrected chi connectivity index (χ4v) is 4.12. The monoisotopic (exact) mass is 310 g/mol. The Kier molecular flexibility index (Phi) is 3.01. The van der Waals surface area contributed by atoms with Gasteiger partial charge >= 0.3 is 5.97 Å². The van der Waals surface area contributed by atoms with Gasteiger partial charge in [-0.3, -0.25) is 4.79 Å². The zero-order valence-electron chi connectivity index (χ0n) is 11.0. The number of aromatic amines is 1. The first-order valence-electron chi connectivity index (χ1n) is 6.29. The summed E-state index contributed by atoms with van der Waals surface area (Å²) in [7, 11) is -3.81. The van der Waals surface area contributed by atoms with Crippen LogP contribution >= 0.6 is 0 Å². The van der Waals surface area contributed by atoms with Crippen molar-refractivity contribution in [2.24, 2.45) is 5.73 Å². The van der Waals surface area contributed by atoms with Crippen molar-refractivity contribution in [2.75, 3.05) is 13.1 Å². The van der Waals surface area contributed by atoms with Crippen LogP contribution in [-0.2, 0) is 14.8 Å². The van der Waals surface area contributed by atoms with E-state index in [1.165, 1.54) is 6.20 Å². The molecule has 1 aliphatic heterocycles. The second-order valence-electron chi connectivity index (χ2n) is 5.10. The van der Waals surface area contributed by atoms with Gasteiger partial charge in [0.15, 0.2) is 0 Å². The zero-order chi connectivity index (χ0) is 15.3. The highest BCUT2D eigenvalue weighted by atomic mass is 32.2. The fraction of sp³-hybridized carbons (Fsp3) is 0.333. The van der Waals surface area contributed by atoms with Gasteiger partial charge in [-0.25, -0.2) is 13.4 Å². The third-order valence-corrected chi connectivity index (χ3v) is 5.61. The average molecular weight is 310 g/mol. The van der Waals surface area contributed by atoms with Crippen LogP contribution in [0.1, 0.15) is 6.42 Å². The first-order valence-corrected chi connectivity index (χ1v) is 7.73. The summed E-state index contributed by atoms with van der Waals surface area (Å²) < 4.78 is 26.4. The Morgan fingerprint density at radius 2 is 2.29 bits per heavy atom. The summed E-state index contributed by atoms with van der Waals surface area (Å²) >= 11 is 0. The van der Waals surface area contributed by atoms with Crippen molar-refractivity contribution in [1.29, 1.82) is 0 Å². The van der Waals surface area contributed by atoms with Crippen molar-refractivity contribution in [2.45, 2.75) is 16.9 Å². The van der Waals surface area contributed by atoms with Crippen molar-refractivity contribution in [1.82, 2.24) is 14.3 Å². The van der Waals surface area contributed by atoms with Gasteiger partial charge in [-0.1, -0.05) is 0 Å². The summed E-state index contributed by atoms with van der Waals surface area (Å²) in [6.45, 7) is -0.157. The van der Waals surface area contributed by atoms with E-state index >= 15 is 0 Å². The molecule has 3 rings (SSSR count). The highest BCUT2D eigenvalue weighted by molar-refractivity contribution is 7.89. The number of nitrogens with zero attached hydrogens (tertiary/aromatic N) is 2. The highest BCUT2D eigenvalue weighted by Gasteiger charge is 2.46. The predicted molar refractivity (Wildman–Crippen MR) is 74.0 cm³/mol. The van der Waals surface area contributed by atoms with E-state index in [0.717, 1.165) is 4.31 Å². The quantitative estimate of drug-likeness (QED) is 0.716. The van der Waals surface area contributed by atoms with E-state index in [1.807, 2.05) is 0 Å². The largest absolute Gasteiger partial charge is 0.480 e. The lowest BCUT2D eigenvalue weighted by Crippen LogP contribution is -2.50. The maximum absolute atomic E-state index is 12.6. The number of pyridine rings is 1. The number of H-pyrrole nitrogens is 1. The molecular weight excluding hydrogens is 296 g/mol. The normalized spacial score (nSPS) is 23.7. The van der Waals surface area contributed by atoms with E-state index in [0.29, 0.717) is 11.0 Å². The third-order valence-electron chi connectivity index (χ3n) is 3.72. The van der Waals surface area contributed by atoms with Crippen LogP contribution in [0.3, 0.4) is 0 Å². The molecule has 1 unspecified atom stereocenters. The van der Waals surface area contributed by atoms with Crippen molar-refractivity contribution < 1.29 is 18.3 Å². The molecule has 1 atom stereocenters. The molecule has 0 aromatic carbocycles. The first kappa shape index (κ1) is 14.0. The number of fused-ring (bicyclic) bond motifs is 1. The molecule has 2 aromatic heterocycles. The molecule has 4 N–H and O–H groups in total. The maximum atomic E-state index is 12.6. The number of hydrogen-bond donors (Lipinski definition) is 3. The van der Waals surface area contributed by atoms with E-state index in [9.17, 15) is 13.2 Å². The topological polar surface area (TPSA) is 129 Å². The Morgan fingerprint density at radius 1 is 1.52 bits per heavy atom. The smallest absolute Gasteiger partial charge is 0.325 e. The van der Waals surface area contributed by atoms with Gasteiger partial charge in [0.05, 0.1) is 0 Å². The first-order chi connectivity index (χ1) is 9.84. The fourth-order valence-electron chi connectivity index (χ4n) is 2.46. The minimum atomic E-state index is -3.81. The Labute approximate surface area is 120 Å². The number of carboxylic acid groups (broad SMARTS) is 1. The van der Waals surface area contributed by atoms with Crippen LogP contribution in [0.15, 0.2) is 29.4 Å². The summed E-state index contributed by atoms with van der Waals surface area (Å²) in [4.78, 5) is 18.1. The zero-order valence-corrected chi connectivity index (χ0v) is 11.8. The second-order valence-corrected chi connectivity index (χ2v) is 7.01. The molecule has 1 saturated heterocycles. The molecule has 0 radical (unpaired) electrons. The Balaban J connectivity index is 2.01. The van der Waals surface area contributed by atoms with Crippen LogP contribution in [-0.4, -0.2) is 52.4 Å². The minimum Gasteiger partial charge on any atom is -0.480 e. The molecule has 8 nitrogen and oxygen atoms in total. The summed E-state index contributed by atoms with van der Waals surface area (Å²) in [6.07, 6.45) is 3.01. The van der Waals surface area contributed by atoms with E-state index < -0.39 is 21.5 Å². The lowest BCUT2D eigenvalue weighted by Gasteiger charge is -2.19. The second kappa shape index (κ2) is 4.52. The molecular formula is C12H14N4O4S. The van der Waals surface area contributed by atoms with Gasteiger partial charge in [-0.05, 0) is 18.6 Å². The Hall–Kier alpha value is -1.97. The number of aliphatic carboxylic acids is 1. The predicted octanol–water partition coefficient (Wildman–Crippen LogP) is -0.261. The SMILES string of the molecule is NC1(C(=O)O)CCN(S(=O)(=O)c2c[nH]c3ncccc23)C1. The number of nitrogens with two attached hydrogens (primary N) is 1. The van der Waals surface area contributed by atoms with Gasteiger partial charge in [0.25, 0.3) is 0 Å². The van der Waals surface area contributed by atoms with E-state index in [2.05, 4.69) is 9.97 Å². The van der Waals surface area contributed by atoms with Crippen molar-refractivity contribution >= 4 is 27.0 Å². The summed E-state index contributed by atoms with van der Waals surface area (Å²) in [5.74, 6) is -1.19. The molecule has 112 valence electrons. The number of aromatic nitrogens is 2. The van der Waals surface area contributed by atoms with Crippen molar-refractivity contribution in [3.05, 3.63) is 24.5 Å². The molecule has 21 heavy (non-hydrogen) atoms. The molecule has 0 spiro atoms. The summed E-state index contributed by atoms with van der Waals surface area (Å²) in [5, 5.41) is 9.57. The lowest BCUT2D eigenvalue weighted by molar-refractivity contribution is -0.142. The van der Waals surface area contributed by atoms with Gasteiger partial charge in [0, 0.05) is 30.9 Å². The summed E-state index contributed by atoms with van der Waals surface area (Å²) in [6, 6.07) is 3.29. The number of nitrogens with one attached hydrogen (secondary N) is 1. The van der Waals surface area contributed by atoms with Crippen molar-refractivity contribution in [3.8, 4) is 0 Å². The Morgan fingerprint density at radius 3 is 2.95 bits per heavy atom.